The van der Waals surface area contributed by atoms with E-state index in [4.69, 9.17) is 4.74 Å². The molecule has 28 heavy (non-hydrogen) atoms. The van der Waals surface area contributed by atoms with Gasteiger partial charge < -0.3 is 10.1 Å². The van der Waals surface area contributed by atoms with Crippen LogP contribution < -0.4 is 5.32 Å². The Kier molecular flexibility index (Phi) is 7.83. The Morgan fingerprint density at radius 2 is 1.71 bits per heavy atom. The molecule has 0 aromatic rings. The van der Waals surface area contributed by atoms with Crippen molar-refractivity contribution < 1.29 is 22.7 Å². The summed E-state index contributed by atoms with van der Waals surface area (Å²) in [5.41, 5.74) is -0.286. The third-order valence-corrected chi connectivity index (χ3v) is 6.87. The summed E-state index contributed by atoms with van der Waals surface area (Å²) in [5, 5.41) is 2.92. The molecule has 162 valence electrons. The molecule has 2 fully saturated rings. The van der Waals surface area contributed by atoms with E-state index in [1.807, 2.05) is 25.7 Å². The molecular weight excluding hydrogens is 384 g/mol. The van der Waals surface area contributed by atoms with Gasteiger partial charge in [-0.15, -0.1) is 0 Å². The van der Waals surface area contributed by atoms with Crippen molar-refractivity contribution >= 4 is 22.1 Å². The molecule has 0 saturated carbocycles. The lowest BCUT2D eigenvalue weighted by Gasteiger charge is -2.38. The van der Waals surface area contributed by atoms with E-state index < -0.39 is 16.1 Å². The molecular formula is C18H34N4O5S. The van der Waals surface area contributed by atoms with Crippen molar-refractivity contribution in [2.24, 2.45) is 5.92 Å². The highest BCUT2D eigenvalue weighted by atomic mass is 32.2. The quantitative estimate of drug-likeness (QED) is 0.612. The summed E-state index contributed by atoms with van der Waals surface area (Å²) >= 11 is 0. The van der Waals surface area contributed by atoms with Gasteiger partial charge in [0, 0.05) is 44.8 Å². The number of carbonyl (C=O) groups is 2. The lowest BCUT2D eigenvalue weighted by Crippen LogP contribution is -2.56. The van der Waals surface area contributed by atoms with Gasteiger partial charge in [0.05, 0.1) is 19.1 Å². The van der Waals surface area contributed by atoms with Crippen molar-refractivity contribution in [2.45, 2.75) is 46.1 Å². The molecule has 0 radical (unpaired) electrons. The smallest absolute Gasteiger partial charge is 0.310 e. The number of nitrogens with zero attached hydrogens (tertiary/aromatic N) is 3. The fourth-order valence-electron chi connectivity index (χ4n) is 3.55. The zero-order valence-corrected chi connectivity index (χ0v) is 18.3. The second-order valence-electron chi connectivity index (χ2n) is 8.43. The molecule has 2 rings (SSSR count). The molecule has 0 aromatic heterocycles. The van der Waals surface area contributed by atoms with E-state index >= 15 is 0 Å². The fourth-order valence-corrected chi connectivity index (χ4v) is 5.23. The molecule has 1 atom stereocenters. The summed E-state index contributed by atoms with van der Waals surface area (Å²) in [6, 6.07) is 0. The first-order valence-corrected chi connectivity index (χ1v) is 11.4. The van der Waals surface area contributed by atoms with E-state index in [-0.39, 0.29) is 30.5 Å². The number of amides is 1. The summed E-state index contributed by atoms with van der Waals surface area (Å²) in [4.78, 5) is 26.0. The lowest BCUT2D eigenvalue weighted by atomic mass is 10.0. The number of esters is 1. The van der Waals surface area contributed by atoms with Crippen molar-refractivity contribution in [3.8, 4) is 0 Å². The van der Waals surface area contributed by atoms with E-state index in [1.54, 1.807) is 6.92 Å². The highest BCUT2D eigenvalue weighted by Crippen LogP contribution is 2.23. The largest absolute Gasteiger partial charge is 0.466 e. The molecule has 2 saturated heterocycles. The van der Waals surface area contributed by atoms with Gasteiger partial charge in [-0.2, -0.15) is 17.0 Å². The van der Waals surface area contributed by atoms with Gasteiger partial charge in [0.2, 0.25) is 5.91 Å². The van der Waals surface area contributed by atoms with E-state index in [2.05, 4.69) is 5.32 Å². The first-order valence-electron chi connectivity index (χ1n) is 9.98. The second-order valence-corrected chi connectivity index (χ2v) is 10.4. The zero-order chi connectivity index (χ0) is 20.9. The van der Waals surface area contributed by atoms with Crippen molar-refractivity contribution in [1.29, 1.82) is 0 Å². The van der Waals surface area contributed by atoms with Crippen LogP contribution in [0.3, 0.4) is 0 Å². The summed E-state index contributed by atoms with van der Waals surface area (Å²) < 4.78 is 33.9. The molecule has 1 amide bonds. The molecule has 10 heteroatoms. The number of rotatable bonds is 6. The predicted octanol–water partition coefficient (Wildman–Crippen LogP) is 0.0386. The maximum Gasteiger partial charge on any atom is 0.310 e. The van der Waals surface area contributed by atoms with Crippen LogP contribution in [0.2, 0.25) is 0 Å². The van der Waals surface area contributed by atoms with Crippen LogP contribution in [-0.4, -0.2) is 91.8 Å². The Balaban J connectivity index is 1.88. The van der Waals surface area contributed by atoms with E-state index in [0.717, 1.165) is 0 Å². The SMILES string of the molecule is CCOC(=O)[C@@H]1CCCN(S(=O)(=O)N2CCN(CC(=O)NC(C)(C)C)CC2)C1. The van der Waals surface area contributed by atoms with Crippen LogP contribution in [0, 0.1) is 5.92 Å². The van der Waals surface area contributed by atoms with Gasteiger partial charge >= 0.3 is 5.97 Å². The van der Waals surface area contributed by atoms with Gasteiger partial charge in [0.25, 0.3) is 10.2 Å². The minimum absolute atomic E-state index is 0.0582. The third kappa shape index (κ3) is 6.40. The standard InChI is InChI=1S/C18H34N4O5S/c1-5-27-17(24)15-7-6-8-22(13-15)28(25,26)21-11-9-20(10-12-21)14-16(23)19-18(2,3)4/h15H,5-14H2,1-4H3,(H,19,23)/t15-/m1/s1. The Morgan fingerprint density at radius 3 is 2.29 bits per heavy atom. The summed E-state index contributed by atoms with van der Waals surface area (Å²) in [6.07, 6.45) is 1.30. The van der Waals surface area contributed by atoms with Gasteiger partial charge in [0.1, 0.15) is 0 Å². The minimum atomic E-state index is -3.62. The number of hydrogen-bond acceptors (Lipinski definition) is 6. The number of piperazine rings is 1. The Hall–Kier alpha value is -1.23. The van der Waals surface area contributed by atoms with Crippen LogP contribution in [-0.2, 0) is 24.5 Å². The van der Waals surface area contributed by atoms with Crippen LogP contribution in [0.4, 0.5) is 0 Å². The van der Waals surface area contributed by atoms with E-state index in [9.17, 15) is 18.0 Å². The maximum atomic E-state index is 13.0. The average molecular weight is 419 g/mol. The van der Waals surface area contributed by atoms with E-state index in [0.29, 0.717) is 52.2 Å². The highest BCUT2D eigenvalue weighted by molar-refractivity contribution is 7.86. The van der Waals surface area contributed by atoms with Crippen molar-refractivity contribution in [2.75, 3.05) is 52.4 Å². The molecule has 1 N–H and O–H groups in total. The molecule has 2 aliphatic heterocycles. The number of piperidine rings is 1. The van der Waals surface area contributed by atoms with Gasteiger partial charge in [-0.1, -0.05) is 0 Å². The van der Waals surface area contributed by atoms with Crippen LogP contribution in [0.15, 0.2) is 0 Å². The zero-order valence-electron chi connectivity index (χ0n) is 17.4. The summed E-state index contributed by atoms with van der Waals surface area (Å²) in [7, 11) is -3.62. The molecule has 2 heterocycles. The summed E-state index contributed by atoms with van der Waals surface area (Å²) in [6.45, 7) is 10.4. The Labute approximate surface area is 168 Å². The number of hydrogen-bond donors (Lipinski definition) is 1. The van der Waals surface area contributed by atoms with Gasteiger partial charge in [-0.3, -0.25) is 14.5 Å². The van der Waals surface area contributed by atoms with Crippen LogP contribution in [0.25, 0.3) is 0 Å². The van der Waals surface area contributed by atoms with Gasteiger partial charge in [-0.25, -0.2) is 0 Å². The molecule has 0 unspecified atom stereocenters. The average Bonchev–Trinajstić information content (AvgIpc) is 2.61. The molecule has 0 aliphatic carbocycles. The van der Waals surface area contributed by atoms with Crippen LogP contribution in [0.5, 0.6) is 0 Å². The van der Waals surface area contributed by atoms with Gasteiger partial charge in [-0.05, 0) is 40.5 Å². The molecule has 2 aliphatic rings. The first-order chi connectivity index (χ1) is 13.0. The van der Waals surface area contributed by atoms with Crippen molar-refractivity contribution in [1.82, 2.24) is 18.8 Å². The normalized spacial score (nSPS) is 23.4. The number of ether oxygens (including phenoxy) is 1. The van der Waals surface area contributed by atoms with Crippen LogP contribution in [0.1, 0.15) is 40.5 Å². The third-order valence-electron chi connectivity index (χ3n) is 4.87. The van der Waals surface area contributed by atoms with E-state index in [1.165, 1.54) is 8.61 Å². The molecule has 0 bridgehead atoms. The monoisotopic (exact) mass is 418 g/mol. The molecule has 9 nitrogen and oxygen atoms in total. The van der Waals surface area contributed by atoms with Gasteiger partial charge in [0.15, 0.2) is 0 Å². The van der Waals surface area contributed by atoms with Crippen molar-refractivity contribution in [3.63, 3.8) is 0 Å². The molecule has 0 aromatic carbocycles. The maximum absolute atomic E-state index is 13.0. The summed E-state index contributed by atoms with van der Waals surface area (Å²) in [5.74, 6) is -0.778. The topological polar surface area (TPSA) is 99.3 Å². The lowest BCUT2D eigenvalue weighted by molar-refractivity contribution is -0.149. The Bertz CT molecular complexity index is 653. The fraction of sp³-hybridized carbons (Fsp3) is 0.889. The highest BCUT2D eigenvalue weighted by Gasteiger charge is 2.37. The predicted molar refractivity (Wildman–Crippen MR) is 106 cm³/mol. The Morgan fingerprint density at radius 1 is 1.07 bits per heavy atom. The second kappa shape index (κ2) is 9.51. The van der Waals surface area contributed by atoms with Crippen LogP contribution >= 0.6 is 0 Å². The number of nitrogens with one attached hydrogen (secondary N) is 1. The first kappa shape index (κ1) is 23.1. The molecule has 0 spiro atoms. The van der Waals surface area contributed by atoms with Crippen molar-refractivity contribution in [3.05, 3.63) is 0 Å². The number of carbonyl (C=O) groups excluding carboxylic acids is 2. The minimum Gasteiger partial charge on any atom is -0.466 e.